The molecule has 5 atom stereocenters. The Balaban J connectivity index is 2.23. The van der Waals surface area contributed by atoms with Gasteiger partial charge in [0.15, 0.2) is 5.78 Å². The molecule has 144 valence electrons. The zero-order valence-electron chi connectivity index (χ0n) is 16.3. The molecule has 0 aromatic heterocycles. The molecule has 0 bridgehead atoms. The Hall–Kier alpha value is -1.88. The number of aromatic hydroxyl groups is 1. The van der Waals surface area contributed by atoms with Gasteiger partial charge in [-0.3, -0.25) is 9.59 Å². The van der Waals surface area contributed by atoms with Crippen LogP contribution >= 0.6 is 0 Å². The van der Waals surface area contributed by atoms with E-state index in [1.165, 1.54) is 0 Å². The number of benzene rings is 1. The van der Waals surface area contributed by atoms with Crippen LogP contribution in [-0.4, -0.2) is 34.9 Å². The first kappa shape index (κ1) is 20.4. The molecule has 5 nitrogen and oxygen atoms in total. The number of carbonyl (C=O) groups is 2. The Morgan fingerprint density at radius 3 is 2.46 bits per heavy atom. The summed E-state index contributed by atoms with van der Waals surface area (Å²) in [5.74, 6) is 0.614. The number of hydrogen-bond donors (Lipinski definition) is 3. The van der Waals surface area contributed by atoms with Gasteiger partial charge in [0.05, 0.1) is 12.1 Å². The fourth-order valence-electron chi connectivity index (χ4n) is 3.69. The molecule has 2 rings (SSSR count). The van der Waals surface area contributed by atoms with E-state index >= 15 is 0 Å². The third-order valence-corrected chi connectivity index (χ3v) is 5.34. The van der Waals surface area contributed by atoms with E-state index in [4.69, 9.17) is 0 Å². The molecule has 1 heterocycles. The molecule has 1 aliphatic heterocycles. The molecule has 2 unspecified atom stereocenters. The first-order valence-electron chi connectivity index (χ1n) is 9.67. The predicted molar refractivity (Wildman–Crippen MR) is 103 cm³/mol. The van der Waals surface area contributed by atoms with E-state index in [0.717, 1.165) is 18.4 Å². The van der Waals surface area contributed by atoms with Gasteiger partial charge in [-0.05, 0) is 49.3 Å². The first-order valence-corrected chi connectivity index (χ1v) is 9.67. The quantitative estimate of drug-likeness (QED) is 0.771. The Labute approximate surface area is 156 Å². The second-order valence-corrected chi connectivity index (χ2v) is 7.87. The highest BCUT2D eigenvalue weighted by molar-refractivity contribution is 5.91. The van der Waals surface area contributed by atoms with E-state index in [-0.39, 0.29) is 35.3 Å². The number of phenolic OH excluding ortho intramolecular Hbond substituents is 1. The van der Waals surface area contributed by atoms with Gasteiger partial charge in [0.25, 0.3) is 0 Å². The van der Waals surface area contributed by atoms with Crippen LogP contribution in [0, 0.1) is 11.8 Å². The van der Waals surface area contributed by atoms with Crippen molar-refractivity contribution in [3.05, 3.63) is 29.8 Å². The standard InChI is InChI=1S/C21H32N2O3/c1-5-14(3)20-19(25)11-13(2)10-15(4)22-18(21(26)23-20)12-16-6-8-17(24)9-7-16/h6-9,13-15,18,20,22,24H,5,10-12H2,1-4H3,(H,23,26)/t13?,14-,15?,18-,20-/m0/s1. The van der Waals surface area contributed by atoms with Crippen molar-refractivity contribution in [1.82, 2.24) is 10.6 Å². The largest absolute Gasteiger partial charge is 0.508 e. The number of carbonyl (C=O) groups excluding carboxylic acids is 2. The molecule has 26 heavy (non-hydrogen) atoms. The SMILES string of the molecule is CC[C@H](C)[C@@H]1NC(=O)[C@H](Cc2ccc(O)cc2)NC(C)CC(C)CC1=O. The lowest BCUT2D eigenvalue weighted by atomic mass is 9.87. The van der Waals surface area contributed by atoms with Crippen molar-refractivity contribution in [1.29, 1.82) is 0 Å². The minimum Gasteiger partial charge on any atom is -0.508 e. The summed E-state index contributed by atoms with van der Waals surface area (Å²) in [6.07, 6.45) is 2.73. The third-order valence-electron chi connectivity index (χ3n) is 5.34. The van der Waals surface area contributed by atoms with E-state index in [0.29, 0.717) is 12.8 Å². The summed E-state index contributed by atoms with van der Waals surface area (Å²) in [4.78, 5) is 25.7. The average Bonchev–Trinajstić information content (AvgIpc) is 2.59. The number of phenols is 1. The second kappa shape index (κ2) is 9.17. The number of ketones is 1. The third kappa shape index (κ3) is 5.56. The summed E-state index contributed by atoms with van der Waals surface area (Å²) >= 11 is 0. The molecule has 0 spiro atoms. The zero-order chi connectivity index (χ0) is 19.3. The number of Topliss-reactive ketones (excluding diaryl/α,β-unsaturated/α-hetero) is 1. The summed E-state index contributed by atoms with van der Waals surface area (Å²) in [5.41, 5.74) is 0.971. The van der Waals surface area contributed by atoms with Crippen LogP contribution in [0.3, 0.4) is 0 Å². The molecule has 1 aromatic rings. The Bertz CT molecular complexity index is 614. The summed E-state index contributed by atoms with van der Waals surface area (Å²) in [7, 11) is 0. The molecular weight excluding hydrogens is 328 g/mol. The van der Waals surface area contributed by atoms with Crippen LogP contribution in [0.4, 0.5) is 0 Å². The summed E-state index contributed by atoms with van der Waals surface area (Å²) < 4.78 is 0. The molecule has 0 aliphatic carbocycles. The minimum absolute atomic E-state index is 0.116. The van der Waals surface area contributed by atoms with Gasteiger partial charge in [-0.15, -0.1) is 0 Å². The van der Waals surface area contributed by atoms with Gasteiger partial charge in [0, 0.05) is 12.5 Å². The maximum atomic E-state index is 12.9. The molecule has 1 fully saturated rings. The van der Waals surface area contributed by atoms with Gasteiger partial charge >= 0.3 is 0 Å². The van der Waals surface area contributed by atoms with Crippen molar-refractivity contribution >= 4 is 11.7 Å². The topological polar surface area (TPSA) is 78.4 Å². The monoisotopic (exact) mass is 360 g/mol. The van der Waals surface area contributed by atoms with Gasteiger partial charge in [-0.25, -0.2) is 0 Å². The molecule has 1 aromatic carbocycles. The fourth-order valence-corrected chi connectivity index (χ4v) is 3.69. The molecule has 3 N–H and O–H groups in total. The molecule has 1 aliphatic rings. The molecule has 0 saturated carbocycles. The minimum atomic E-state index is -0.424. The van der Waals surface area contributed by atoms with Crippen molar-refractivity contribution < 1.29 is 14.7 Å². The maximum Gasteiger partial charge on any atom is 0.238 e. The van der Waals surface area contributed by atoms with Crippen LogP contribution < -0.4 is 10.6 Å². The first-order chi connectivity index (χ1) is 12.3. The lowest BCUT2D eigenvalue weighted by molar-refractivity contribution is -0.131. The van der Waals surface area contributed by atoms with Crippen LogP contribution in [0.15, 0.2) is 24.3 Å². The van der Waals surface area contributed by atoms with Crippen LogP contribution in [0.25, 0.3) is 0 Å². The average molecular weight is 360 g/mol. The molecule has 0 radical (unpaired) electrons. The van der Waals surface area contributed by atoms with Crippen LogP contribution in [-0.2, 0) is 16.0 Å². The maximum absolute atomic E-state index is 12.9. The van der Waals surface area contributed by atoms with E-state index in [1.54, 1.807) is 12.1 Å². The highest BCUT2D eigenvalue weighted by Crippen LogP contribution is 2.19. The molecule has 1 amide bonds. The Kier molecular flexibility index (Phi) is 7.21. The van der Waals surface area contributed by atoms with Gasteiger partial charge in [-0.2, -0.15) is 0 Å². The van der Waals surface area contributed by atoms with E-state index in [9.17, 15) is 14.7 Å². The van der Waals surface area contributed by atoms with Crippen molar-refractivity contribution in [2.24, 2.45) is 11.8 Å². The van der Waals surface area contributed by atoms with E-state index < -0.39 is 12.1 Å². The van der Waals surface area contributed by atoms with Gasteiger partial charge in [0.1, 0.15) is 5.75 Å². The molecule has 5 heteroatoms. The number of amides is 1. The van der Waals surface area contributed by atoms with E-state index in [1.807, 2.05) is 26.0 Å². The summed E-state index contributed by atoms with van der Waals surface area (Å²) in [6.45, 7) is 8.22. The normalized spacial score (nSPS) is 29.1. The second-order valence-electron chi connectivity index (χ2n) is 7.87. The summed E-state index contributed by atoms with van der Waals surface area (Å²) in [5, 5.41) is 15.9. The summed E-state index contributed by atoms with van der Waals surface area (Å²) in [6, 6.07) is 6.23. The highest BCUT2D eigenvalue weighted by Gasteiger charge is 2.32. The molecular formula is C21H32N2O3. The van der Waals surface area contributed by atoms with Gasteiger partial charge in [0.2, 0.25) is 5.91 Å². The van der Waals surface area contributed by atoms with Crippen molar-refractivity contribution in [2.75, 3.05) is 0 Å². The van der Waals surface area contributed by atoms with Crippen molar-refractivity contribution in [3.63, 3.8) is 0 Å². The lowest BCUT2D eigenvalue weighted by Crippen LogP contribution is -2.55. The van der Waals surface area contributed by atoms with Crippen LogP contribution in [0.5, 0.6) is 5.75 Å². The van der Waals surface area contributed by atoms with Gasteiger partial charge in [-0.1, -0.05) is 39.3 Å². The Morgan fingerprint density at radius 2 is 1.85 bits per heavy atom. The fraction of sp³-hybridized carbons (Fsp3) is 0.619. The smallest absolute Gasteiger partial charge is 0.238 e. The van der Waals surface area contributed by atoms with Crippen molar-refractivity contribution in [3.8, 4) is 5.75 Å². The number of hydrogen-bond acceptors (Lipinski definition) is 4. The zero-order valence-corrected chi connectivity index (χ0v) is 16.3. The van der Waals surface area contributed by atoms with Crippen LogP contribution in [0.1, 0.15) is 52.5 Å². The van der Waals surface area contributed by atoms with Gasteiger partial charge < -0.3 is 15.7 Å². The lowest BCUT2D eigenvalue weighted by Gasteiger charge is -2.31. The Morgan fingerprint density at radius 1 is 1.19 bits per heavy atom. The molecule has 1 saturated heterocycles. The number of rotatable bonds is 4. The van der Waals surface area contributed by atoms with E-state index in [2.05, 4.69) is 24.5 Å². The van der Waals surface area contributed by atoms with Crippen LogP contribution in [0.2, 0.25) is 0 Å². The number of nitrogens with one attached hydrogen (secondary N) is 2. The highest BCUT2D eigenvalue weighted by atomic mass is 16.3. The van der Waals surface area contributed by atoms with Crippen molar-refractivity contribution in [2.45, 2.75) is 71.5 Å². The predicted octanol–water partition coefficient (Wildman–Crippen LogP) is 2.81.